The van der Waals surface area contributed by atoms with Gasteiger partial charge in [0.2, 0.25) is 0 Å². The highest BCUT2D eigenvalue weighted by Gasteiger charge is 2.10. The van der Waals surface area contributed by atoms with Gasteiger partial charge in [-0.25, -0.2) is 4.39 Å². The molecule has 1 N–H and O–H groups in total. The molecular formula is C24H21FN2O. The average Bonchev–Trinajstić information content (AvgIpc) is 2.74. The summed E-state index contributed by atoms with van der Waals surface area (Å²) < 4.78 is 20.0. The van der Waals surface area contributed by atoms with Crippen LogP contribution < -0.4 is 10.1 Å². The van der Waals surface area contributed by atoms with E-state index in [0.717, 1.165) is 27.8 Å². The van der Waals surface area contributed by atoms with Crippen LogP contribution in [0.5, 0.6) is 5.75 Å². The number of pyridine rings is 1. The number of nitrogens with zero attached hydrogens (tertiary/aromatic N) is 1. The van der Waals surface area contributed by atoms with E-state index >= 15 is 0 Å². The number of nitrogens with one attached hydrogen (secondary N) is 1. The van der Waals surface area contributed by atoms with Crippen LogP contribution in [0, 0.1) is 5.82 Å². The van der Waals surface area contributed by atoms with Crippen molar-refractivity contribution in [3.05, 3.63) is 108 Å². The van der Waals surface area contributed by atoms with Crippen molar-refractivity contribution < 1.29 is 9.13 Å². The van der Waals surface area contributed by atoms with E-state index in [9.17, 15) is 4.39 Å². The average molecular weight is 372 g/mol. The van der Waals surface area contributed by atoms with Crippen molar-refractivity contribution in [1.82, 2.24) is 10.3 Å². The molecule has 0 spiro atoms. The molecule has 4 rings (SSSR count). The maximum atomic E-state index is 13.9. The maximum Gasteiger partial charge on any atom is 0.129 e. The van der Waals surface area contributed by atoms with E-state index in [4.69, 9.17) is 4.74 Å². The molecule has 1 aromatic heterocycles. The van der Waals surface area contributed by atoms with Crippen molar-refractivity contribution >= 4 is 10.8 Å². The van der Waals surface area contributed by atoms with E-state index in [1.54, 1.807) is 18.3 Å². The molecule has 0 bridgehead atoms. The summed E-state index contributed by atoms with van der Waals surface area (Å²) in [5, 5.41) is 5.72. The minimum Gasteiger partial charge on any atom is -0.488 e. The third-order valence-corrected chi connectivity index (χ3v) is 4.67. The van der Waals surface area contributed by atoms with Crippen LogP contribution in [0.2, 0.25) is 0 Å². The Kier molecular flexibility index (Phi) is 5.59. The largest absolute Gasteiger partial charge is 0.488 e. The number of hydrogen-bond donors (Lipinski definition) is 1. The second-order valence-electron chi connectivity index (χ2n) is 6.57. The van der Waals surface area contributed by atoms with E-state index in [1.807, 2.05) is 48.5 Å². The number of aromatic nitrogens is 1. The third kappa shape index (κ3) is 4.18. The van der Waals surface area contributed by atoms with Crippen molar-refractivity contribution in [2.24, 2.45) is 0 Å². The molecule has 0 saturated carbocycles. The van der Waals surface area contributed by atoms with Gasteiger partial charge in [0.15, 0.2) is 0 Å². The summed E-state index contributed by atoms with van der Waals surface area (Å²) in [5.74, 6) is 0.508. The number of halogens is 1. The van der Waals surface area contributed by atoms with E-state index in [-0.39, 0.29) is 12.4 Å². The predicted molar refractivity (Wildman–Crippen MR) is 109 cm³/mol. The van der Waals surface area contributed by atoms with Gasteiger partial charge >= 0.3 is 0 Å². The lowest BCUT2D eigenvalue weighted by Crippen LogP contribution is -2.15. The molecule has 0 atom stereocenters. The molecule has 3 aromatic carbocycles. The van der Waals surface area contributed by atoms with Crippen molar-refractivity contribution in [3.8, 4) is 5.75 Å². The molecule has 0 fully saturated rings. The lowest BCUT2D eigenvalue weighted by Gasteiger charge is -2.15. The molecule has 0 unspecified atom stereocenters. The number of rotatable bonds is 7. The first-order valence-electron chi connectivity index (χ1n) is 9.29. The van der Waals surface area contributed by atoms with Crippen LogP contribution in [-0.2, 0) is 19.7 Å². The zero-order valence-electron chi connectivity index (χ0n) is 15.4. The molecule has 140 valence electrons. The maximum absolute atomic E-state index is 13.9. The summed E-state index contributed by atoms with van der Waals surface area (Å²) >= 11 is 0. The van der Waals surface area contributed by atoms with Crippen LogP contribution >= 0.6 is 0 Å². The molecule has 0 amide bonds. The normalized spacial score (nSPS) is 10.9. The second-order valence-corrected chi connectivity index (χ2v) is 6.57. The molecular weight excluding hydrogens is 351 g/mol. The first-order valence-corrected chi connectivity index (χ1v) is 9.29. The molecule has 1 heterocycles. The van der Waals surface area contributed by atoms with Gasteiger partial charge < -0.3 is 10.1 Å². The number of benzene rings is 3. The summed E-state index contributed by atoms with van der Waals surface area (Å²) in [6.45, 7) is 1.49. The van der Waals surface area contributed by atoms with Crippen molar-refractivity contribution in [2.75, 3.05) is 0 Å². The van der Waals surface area contributed by atoms with Crippen molar-refractivity contribution in [1.29, 1.82) is 0 Å². The summed E-state index contributed by atoms with van der Waals surface area (Å²) in [6, 6.07) is 24.8. The third-order valence-electron chi connectivity index (χ3n) is 4.67. The Balaban J connectivity index is 1.56. The molecule has 4 heteroatoms. The van der Waals surface area contributed by atoms with Crippen LogP contribution in [-0.4, -0.2) is 4.98 Å². The van der Waals surface area contributed by atoms with Gasteiger partial charge in [-0.1, -0.05) is 54.6 Å². The van der Waals surface area contributed by atoms with Gasteiger partial charge in [0.05, 0.1) is 5.69 Å². The Hall–Kier alpha value is -3.24. The van der Waals surface area contributed by atoms with Gasteiger partial charge in [-0.3, -0.25) is 4.98 Å². The summed E-state index contributed by atoms with van der Waals surface area (Å²) in [7, 11) is 0. The monoisotopic (exact) mass is 372 g/mol. The number of fused-ring (bicyclic) bond motifs is 1. The zero-order valence-corrected chi connectivity index (χ0v) is 15.4. The fraction of sp³-hybridized carbons (Fsp3) is 0.125. The van der Waals surface area contributed by atoms with Gasteiger partial charge in [-0.15, -0.1) is 0 Å². The van der Waals surface area contributed by atoms with Crippen LogP contribution in [0.15, 0.2) is 85.1 Å². The highest BCUT2D eigenvalue weighted by molar-refractivity contribution is 5.87. The van der Waals surface area contributed by atoms with Crippen molar-refractivity contribution in [3.63, 3.8) is 0 Å². The minimum atomic E-state index is -0.252. The SMILES string of the molecule is Fc1ccccc1COc1ccc2ccccc2c1CNCc1ccccn1. The first kappa shape index (κ1) is 18.1. The highest BCUT2D eigenvalue weighted by Crippen LogP contribution is 2.29. The molecule has 3 nitrogen and oxygen atoms in total. The minimum absolute atomic E-state index is 0.193. The summed E-state index contributed by atoms with van der Waals surface area (Å²) in [6.07, 6.45) is 1.79. The van der Waals surface area contributed by atoms with Gasteiger partial charge in [0.25, 0.3) is 0 Å². The Labute approximate surface area is 163 Å². The van der Waals surface area contributed by atoms with Gasteiger partial charge in [-0.05, 0) is 35.0 Å². The molecule has 0 radical (unpaired) electrons. The van der Waals surface area contributed by atoms with Gasteiger partial charge in [0.1, 0.15) is 18.2 Å². The molecule has 0 aliphatic carbocycles. The zero-order chi connectivity index (χ0) is 19.2. The number of hydrogen-bond acceptors (Lipinski definition) is 3. The topological polar surface area (TPSA) is 34.1 Å². The van der Waals surface area contributed by atoms with E-state index in [1.165, 1.54) is 6.07 Å². The summed E-state index contributed by atoms with van der Waals surface area (Å²) in [5.41, 5.74) is 2.59. The van der Waals surface area contributed by atoms with Crippen LogP contribution in [0.1, 0.15) is 16.8 Å². The quantitative estimate of drug-likeness (QED) is 0.482. The van der Waals surface area contributed by atoms with E-state index in [2.05, 4.69) is 22.4 Å². The Bertz CT molecular complexity index is 1070. The van der Waals surface area contributed by atoms with Gasteiger partial charge in [0, 0.05) is 30.4 Å². The summed E-state index contributed by atoms with van der Waals surface area (Å²) in [4.78, 5) is 4.34. The smallest absolute Gasteiger partial charge is 0.129 e. The molecule has 0 aliphatic rings. The van der Waals surface area contributed by atoms with Crippen LogP contribution in [0.4, 0.5) is 4.39 Å². The lowest BCUT2D eigenvalue weighted by atomic mass is 10.0. The molecule has 4 aromatic rings. The highest BCUT2D eigenvalue weighted by atomic mass is 19.1. The van der Waals surface area contributed by atoms with Crippen LogP contribution in [0.3, 0.4) is 0 Å². The van der Waals surface area contributed by atoms with E-state index in [0.29, 0.717) is 18.7 Å². The molecule has 0 aliphatic heterocycles. The van der Waals surface area contributed by atoms with E-state index < -0.39 is 0 Å². The molecule has 0 saturated heterocycles. The Morgan fingerprint density at radius 1 is 0.821 bits per heavy atom. The predicted octanol–water partition coefficient (Wildman–Crippen LogP) is 5.24. The standard InChI is InChI=1S/C24H21FN2O/c25-23-11-4-2-8-19(23)17-28-24-13-12-18-7-1-3-10-21(18)22(24)16-26-15-20-9-5-6-14-27-20/h1-14,26H,15-17H2. The van der Waals surface area contributed by atoms with Crippen LogP contribution in [0.25, 0.3) is 10.8 Å². The number of ether oxygens (including phenoxy) is 1. The first-order chi connectivity index (χ1) is 13.8. The fourth-order valence-electron chi connectivity index (χ4n) is 3.22. The van der Waals surface area contributed by atoms with Crippen molar-refractivity contribution in [2.45, 2.75) is 19.7 Å². The fourth-order valence-corrected chi connectivity index (χ4v) is 3.22. The molecule has 28 heavy (non-hydrogen) atoms. The van der Waals surface area contributed by atoms with Gasteiger partial charge in [-0.2, -0.15) is 0 Å². The Morgan fingerprint density at radius 3 is 2.50 bits per heavy atom. The second kappa shape index (κ2) is 8.63. The lowest BCUT2D eigenvalue weighted by molar-refractivity contribution is 0.296. The Morgan fingerprint density at radius 2 is 1.64 bits per heavy atom.